The zero-order valence-electron chi connectivity index (χ0n) is 7.76. The average Bonchev–Trinajstić information content (AvgIpc) is 2.52. The molecule has 1 radical (unpaired) electrons. The third kappa shape index (κ3) is 2.58. The Morgan fingerprint density at radius 3 is 2.93 bits per heavy atom. The molecule has 0 aliphatic rings. The summed E-state index contributed by atoms with van der Waals surface area (Å²) in [5, 5.41) is 0. The molecule has 0 aromatic carbocycles. The Labute approximate surface area is 80.4 Å². The van der Waals surface area contributed by atoms with Crippen molar-refractivity contribution < 1.29 is 19.1 Å². The Kier molecular flexibility index (Phi) is 3.22. The van der Waals surface area contributed by atoms with Gasteiger partial charge in [0.15, 0.2) is 5.69 Å². The van der Waals surface area contributed by atoms with Crippen molar-refractivity contribution in [2.24, 2.45) is 7.05 Å². The van der Waals surface area contributed by atoms with E-state index in [4.69, 9.17) is 4.74 Å². The van der Waals surface area contributed by atoms with Gasteiger partial charge in [-0.05, 0) is 0 Å². The van der Waals surface area contributed by atoms with Gasteiger partial charge in [-0.1, -0.05) is 0 Å². The fraction of sp³-hybridized carbons (Fsp3) is 0.375. The highest BCUT2D eigenvalue weighted by atomic mass is 16.7. The van der Waals surface area contributed by atoms with Crippen LogP contribution >= 0.6 is 0 Å². The van der Waals surface area contributed by atoms with Gasteiger partial charge < -0.3 is 14.0 Å². The van der Waals surface area contributed by atoms with Gasteiger partial charge in [0.25, 0.3) is 0 Å². The van der Waals surface area contributed by atoms with Crippen molar-refractivity contribution in [2.45, 2.75) is 13.2 Å². The van der Waals surface area contributed by atoms with Gasteiger partial charge in [0.2, 0.25) is 6.29 Å². The third-order valence-corrected chi connectivity index (χ3v) is 1.40. The van der Waals surface area contributed by atoms with Crippen molar-refractivity contribution >= 4 is 12.4 Å². The zero-order valence-corrected chi connectivity index (χ0v) is 7.76. The summed E-state index contributed by atoms with van der Waals surface area (Å²) in [4.78, 5) is 24.8. The van der Waals surface area contributed by atoms with Crippen molar-refractivity contribution in [3.8, 4) is 0 Å². The summed E-state index contributed by atoms with van der Waals surface area (Å²) < 4.78 is 10.6. The number of hydrogen-bond acceptors (Lipinski definition) is 5. The van der Waals surface area contributed by atoms with Crippen LogP contribution in [0.5, 0.6) is 0 Å². The van der Waals surface area contributed by atoms with Crippen LogP contribution < -0.4 is 0 Å². The third-order valence-electron chi connectivity index (χ3n) is 1.40. The van der Waals surface area contributed by atoms with Crippen LogP contribution in [0, 0.1) is 0 Å². The number of nitrogens with zero attached hydrogens (tertiary/aromatic N) is 2. The molecule has 0 saturated heterocycles. The molecule has 1 atom stereocenters. The molecule has 1 rings (SSSR count). The lowest BCUT2D eigenvalue weighted by Crippen LogP contribution is -2.17. The number of carbonyl (C=O) groups excluding carboxylic acids is 2. The van der Waals surface area contributed by atoms with Crippen LogP contribution in [0.25, 0.3) is 0 Å². The van der Waals surface area contributed by atoms with E-state index in [0.717, 1.165) is 0 Å². The monoisotopic (exact) mass is 197 g/mol. The molecule has 1 aromatic heterocycles. The summed E-state index contributed by atoms with van der Waals surface area (Å²) in [6.07, 6.45) is 2.01. The van der Waals surface area contributed by atoms with E-state index in [1.54, 1.807) is 11.6 Å². The van der Waals surface area contributed by atoms with Crippen LogP contribution in [0.4, 0.5) is 0 Å². The maximum Gasteiger partial charge on any atom is 0.420 e. The molecule has 0 aliphatic heterocycles. The van der Waals surface area contributed by atoms with Gasteiger partial charge in [-0.15, -0.1) is 0 Å². The first-order valence-corrected chi connectivity index (χ1v) is 3.85. The van der Waals surface area contributed by atoms with Gasteiger partial charge in [-0.25, -0.2) is 14.6 Å². The summed E-state index contributed by atoms with van der Waals surface area (Å²) in [5.74, 6) is -0.645. The second-order valence-corrected chi connectivity index (χ2v) is 2.60. The summed E-state index contributed by atoms with van der Waals surface area (Å²) in [6.45, 7) is 2.59. The quantitative estimate of drug-likeness (QED) is 0.502. The Bertz CT molecular complexity index is 334. The van der Waals surface area contributed by atoms with Gasteiger partial charge in [-0.3, -0.25) is 0 Å². The number of ether oxygens (including phenoxy) is 2. The molecule has 1 heterocycles. The molecule has 0 saturated carbocycles. The highest BCUT2D eigenvalue weighted by molar-refractivity contribution is 5.87. The largest absolute Gasteiger partial charge is 0.421 e. The minimum atomic E-state index is -0.956. The van der Waals surface area contributed by atoms with Crippen LogP contribution in [0.1, 0.15) is 17.4 Å². The fourth-order valence-electron chi connectivity index (χ4n) is 0.821. The molecule has 0 spiro atoms. The van der Waals surface area contributed by atoms with Crippen molar-refractivity contribution in [1.82, 2.24) is 9.55 Å². The molecular weight excluding hydrogens is 188 g/mol. The van der Waals surface area contributed by atoms with E-state index in [9.17, 15) is 9.59 Å². The molecule has 14 heavy (non-hydrogen) atoms. The molecular formula is C8H9N2O4. The van der Waals surface area contributed by atoms with Crippen LogP contribution in [0.15, 0.2) is 12.5 Å². The predicted molar refractivity (Wildman–Crippen MR) is 44.9 cm³/mol. The molecule has 6 nitrogen and oxygen atoms in total. The van der Waals surface area contributed by atoms with Gasteiger partial charge in [0.05, 0.1) is 6.33 Å². The molecule has 0 bridgehead atoms. The van der Waals surface area contributed by atoms with Gasteiger partial charge in [-0.2, -0.15) is 0 Å². The minimum absolute atomic E-state index is 0.161. The maximum absolute atomic E-state index is 11.2. The topological polar surface area (TPSA) is 70.4 Å². The standard InChI is InChI=1S/C8H9N2O4/c1-6(13-5-11)14-8(12)7-3-10(2)4-9-7/h3-4,6H,1-2H3. The molecule has 75 valence electrons. The molecule has 1 unspecified atom stereocenters. The van der Waals surface area contributed by atoms with Crippen molar-refractivity contribution in [2.75, 3.05) is 0 Å². The number of rotatable bonds is 4. The second-order valence-electron chi connectivity index (χ2n) is 2.60. The average molecular weight is 197 g/mol. The molecule has 0 N–H and O–H groups in total. The van der Waals surface area contributed by atoms with E-state index in [1.807, 2.05) is 0 Å². The van der Waals surface area contributed by atoms with Crippen molar-refractivity contribution in [3.05, 3.63) is 18.2 Å². The van der Waals surface area contributed by atoms with Crippen molar-refractivity contribution in [1.29, 1.82) is 0 Å². The van der Waals surface area contributed by atoms with Crippen LogP contribution in [0.3, 0.4) is 0 Å². The smallest absolute Gasteiger partial charge is 0.420 e. The zero-order chi connectivity index (χ0) is 10.6. The highest BCUT2D eigenvalue weighted by Crippen LogP contribution is 2.01. The highest BCUT2D eigenvalue weighted by Gasteiger charge is 2.14. The fourth-order valence-corrected chi connectivity index (χ4v) is 0.821. The van der Waals surface area contributed by atoms with E-state index in [2.05, 4.69) is 9.72 Å². The lowest BCUT2D eigenvalue weighted by molar-refractivity contribution is -0.0452. The van der Waals surface area contributed by atoms with E-state index in [0.29, 0.717) is 0 Å². The summed E-state index contributed by atoms with van der Waals surface area (Å²) in [6, 6.07) is 0. The lowest BCUT2D eigenvalue weighted by Gasteiger charge is -2.08. The van der Waals surface area contributed by atoms with Crippen LogP contribution in [-0.2, 0) is 21.3 Å². The SMILES string of the molecule is CC(O[C]=O)OC(=O)c1cn(C)cn1. The minimum Gasteiger partial charge on any atom is -0.421 e. The first-order chi connectivity index (χ1) is 6.63. The lowest BCUT2D eigenvalue weighted by atomic mass is 10.5. The normalized spacial score (nSPS) is 11.9. The Morgan fingerprint density at radius 2 is 2.43 bits per heavy atom. The van der Waals surface area contributed by atoms with E-state index in [1.165, 1.54) is 25.9 Å². The number of imidazole rings is 1. The first kappa shape index (κ1) is 10.2. The number of aromatic nitrogens is 2. The van der Waals surface area contributed by atoms with Gasteiger partial charge >= 0.3 is 12.4 Å². The molecule has 0 fully saturated rings. The van der Waals surface area contributed by atoms with E-state index >= 15 is 0 Å². The molecule has 6 heteroatoms. The number of hydrogen-bond donors (Lipinski definition) is 0. The Hall–Kier alpha value is -1.85. The van der Waals surface area contributed by atoms with Crippen molar-refractivity contribution in [3.63, 3.8) is 0 Å². The maximum atomic E-state index is 11.2. The van der Waals surface area contributed by atoms with Gasteiger partial charge in [0.1, 0.15) is 0 Å². The Balaban J connectivity index is 2.54. The van der Waals surface area contributed by atoms with Crippen LogP contribution in [-0.4, -0.2) is 28.3 Å². The number of aryl methyl sites for hydroxylation is 1. The summed E-state index contributed by atoms with van der Waals surface area (Å²) in [7, 11) is 1.73. The first-order valence-electron chi connectivity index (χ1n) is 3.85. The van der Waals surface area contributed by atoms with Gasteiger partial charge in [0, 0.05) is 20.2 Å². The molecule has 1 aromatic rings. The molecule has 0 aliphatic carbocycles. The van der Waals surface area contributed by atoms with E-state index < -0.39 is 12.3 Å². The molecule has 0 amide bonds. The second kappa shape index (κ2) is 4.40. The number of esters is 1. The number of carbonyl (C=O) groups is 1. The van der Waals surface area contributed by atoms with Crippen LogP contribution in [0.2, 0.25) is 0 Å². The summed E-state index contributed by atoms with van der Waals surface area (Å²) in [5.41, 5.74) is 0.161. The Morgan fingerprint density at radius 1 is 1.71 bits per heavy atom. The summed E-state index contributed by atoms with van der Waals surface area (Å²) >= 11 is 0. The predicted octanol–water partition coefficient (Wildman–Crippen LogP) is 0.00670. The van der Waals surface area contributed by atoms with E-state index in [-0.39, 0.29) is 5.69 Å².